The van der Waals surface area contributed by atoms with Gasteiger partial charge in [0.15, 0.2) is 0 Å². The Morgan fingerprint density at radius 3 is 2.43 bits per heavy atom. The van der Waals surface area contributed by atoms with Gasteiger partial charge in [-0.05, 0) is 49.9 Å². The maximum atomic E-state index is 12.4. The molecule has 2 atom stereocenters. The summed E-state index contributed by atoms with van der Waals surface area (Å²) in [6.45, 7) is 10.6. The van der Waals surface area contributed by atoms with E-state index in [2.05, 4.69) is 18.6 Å². The van der Waals surface area contributed by atoms with E-state index in [9.17, 15) is 4.55 Å². The molecule has 0 aliphatic rings. The van der Waals surface area contributed by atoms with Crippen LogP contribution in [-0.4, -0.2) is 16.4 Å². The topological polar surface area (TPSA) is 44.3 Å². The molecule has 0 bridgehead atoms. The molecule has 0 saturated carbocycles. The molecule has 0 aliphatic heterocycles. The van der Waals surface area contributed by atoms with E-state index in [0.717, 1.165) is 11.1 Å². The van der Waals surface area contributed by atoms with Crippen molar-refractivity contribution in [3.05, 3.63) is 34.3 Å². The molecule has 0 spiro atoms. The first kappa shape index (κ1) is 18.8. The molecule has 1 aromatic carbocycles. The second-order valence-corrected chi connectivity index (χ2v) is 8.93. The zero-order valence-electron chi connectivity index (χ0n) is 13.7. The van der Waals surface area contributed by atoms with Crippen LogP contribution in [0.1, 0.15) is 51.8 Å². The molecule has 0 amide bonds. The molecule has 5 heteroatoms. The van der Waals surface area contributed by atoms with Gasteiger partial charge in [0, 0.05) is 23.5 Å². The molecule has 1 aromatic rings. The molecule has 0 aliphatic carbocycles. The number of benzene rings is 1. The van der Waals surface area contributed by atoms with Crippen molar-refractivity contribution in [1.82, 2.24) is 4.72 Å². The fourth-order valence-corrected chi connectivity index (χ4v) is 3.19. The van der Waals surface area contributed by atoms with Crippen LogP contribution in [0, 0.1) is 5.92 Å². The molecule has 3 nitrogen and oxygen atoms in total. The Balaban J connectivity index is 3.11. The number of rotatable bonds is 6. The Bertz CT molecular complexity index is 460. The number of halogens is 1. The number of hydrogen-bond acceptors (Lipinski definition) is 3. The largest absolute Gasteiger partial charge is 0.598 e. The molecule has 0 saturated heterocycles. The summed E-state index contributed by atoms with van der Waals surface area (Å²) in [5.41, 5.74) is 2.12. The van der Waals surface area contributed by atoms with Crippen molar-refractivity contribution >= 4 is 23.0 Å². The van der Waals surface area contributed by atoms with Crippen LogP contribution in [0.15, 0.2) is 18.2 Å². The summed E-state index contributed by atoms with van der Waals surface area (Å²) in [5, 5.41) is 0.685. The predicted octanol–water partition coefficient (Wildman–Crippen LogP) is 4.24. The molecule has 0 fully saturated rings. The standard InChI is InChI=1S/C16H26ClNO2S/c1-11(2)15(18-21(19)16(3,4)5)14-8-7-13(17)9-12(14)10-20-6/h7-9,11,15,18H,10H2,1-6H3. The fourth-order valence-electron chi connectivity index (χ4n) is 2.01. The summed E-state index contributed by atoms with van der Waals surface area (Å²) in [6, 6.07) is 5.77. The van der Waals surface area contributed by atoms with Gasteiger partial charge < -0.3 is 9.29 Å². The third-order valence-electron chi connectivity index (χ3n) is 3.20. The molecule has 0 aromatic heterocycles. The first-order valence-corrected chi connectivity index (χ1v) is 8.65. The van der Waals surface area contributed by atoms with Gasteiger partial charge in [-0.1, -0.05) is 31.5 Å². The second-order valence-electron chi connectivity index (χ2n) is 6.50. The fraction of sp³-hybridized carbons (Fsp3) is 0.625. The molecule has 120 valence electrons. The van der Waals surface area contributed by atoms with Crippen LogP contribution >= 0.6 is 11.6 Å². The number of hydrogen-bond donors (Lipinski definition) is 1. The van der Waals surface area contributed by atoms with E-state index >= 15 is 0 Å². The first-order chi connectivity index (χ1) is 9.66. The van der Waals surface area contributed by atoms with Crippen LogP contribution in [0.25, 0.3) is 0 Å². The Morgan fingerprint density at radius 1 is 1.33 bits per heavy atom. The Hall–Kier alpha value is -0.260. The minimum Gasteiger partial charge on any atom is -0.598 e. The highest BCUT2D eigenvalue weighted by Crippen LogP contribution is 2.30. The molecule has 1 N–H and O–H groups in total. The second kappa shape index (κ2) is 7.84. The molecular weight excluding hydrogens is 306 g/mol. The lowest BCUT2D eigenvalue weighted by Crippen LogP contribution is -2.42. The van der Waals surface area contributed by atoms with E-state index in [0.29, 0.717) is 17.5 Å². The molecule has 0 radical (unpaired) electrons. The van der Waals surface area contributed by atoms with Crippen molar-refractivity contribution in [2.75, 3.05) is 7.11 Å². The number of methoxy groups -OCH3 is 1. The van der Waals surface area contributed by atoms with Crippen molar-refractivity contribution in [2.24, 2.45) is 5.92 Å². The minimum absolute atomic E-state index is 0.00697. The van der Waals surface area contributed by atoms with Crippen LogP contribution in [0.3, 0.4) is 0 Å². The van der Waals surface area contributed by atoms with Gasteiger partial charge in [0.1, 0.15) is 4.75 Å². The van der Waals surface area contributed by atoms with Gasteiger partial charge in [0.05, 0.1) is 12.6 Å². The Kier molecular flexibility index (Phi) is 7.01. The van der Waals surface area contributed by atoms with Crippen LogP contribution < -0.4 is 4.72 Å². The van der Waals surface area contributed by atoms with Gasteiger partial charge in [-0.2, -0.15) is 0 Å². The van der Waals surface area contributed by atoms with Crippen molar-refractivity contribution < 1.29 is 9.29 Å². The summed E-state index contributed by atoms with van der Waals surface area (Å²) in [5.74, 6) is 0.299. The highest BCUT2D eigenvalue weighted by atomic mass is 35.5. The van der Waals surface area contributed by atoms with Crippen LogP contribution in [0.2, 0.25) is 5.02 Å². The minimum atomic E-state index is -1.13. The third-order valence-corrected chi connectivity index (χ3v) is 5.01. The zero-order chi connectivity index (χ0) is 16.2. The summed E-state index contributed by atoms with van der Waals surface area (Å²) in [4.78, 5) is 0. The van der Waals surface area contributed by atoms with Gasteiger partial charge in [-0.15, -0.1) is 4.72 Å². The van der Waals surface area contributed by atoms with Crippen molar-refractivity contribution in [3.63, 3.8) is 0 Å². The Labute approximate surface area is 136 Å². The maximum Gasteiger partial charge on any atom is 0.136 e. The van der Waals surface area contributed by atoms with Crippen LogP contribution in [-0.2, 0) is 22.7 Å². The lowest BCUT2D eigenvalue weighted by atomic mass is 9.93. The summed E-state index contributed by atoms with van der Waals surface area (Å²) in [7, 11) is 1.66. The van der Waals surface area contributed by atoms with E-state index in [-0.39, 0.29) is 10.8 Å². The highest BCUT2D eigenvalue weighted by Gasteiger charge is 2.31. The van der Waals surface area contributed by atoms with E-state index in [1.165, 1.54) is 0 Å². The lowest BCUT2D eigenvalue weighted by molar-refractivity contribution is 0.183. The molecular formula is C16H26ClNO2S. The lowest BCUT2D eigenvalue weighted by Gasteiger charge is -2.31. The van der Waals surface area contributed by atoms with Crippen molar-refractivity contribution in [1.29, 1.82) is 0 Å². The van der Waals surface area contributed by atoms with Crippen molar-refractivity contribution in [3.8, 4) is 0 Å². The number of ether oxygens (including phenoxy) is 1. The average Bonchev–Trinajstić information content (AvgIpc) is 2.35. The average molecular weight is 332 g/mol. The van der Waals surface area contributed by atoms with Gasteiger partial charge in [-0.3, -0.25) is 0 Å². The summed E-state index contributed by atoms with van der Waals surface area (Å²) in [6.07, 6.45) is 0. The molecule has 1 rings (SSSR count). The van der Waals surface area contributed by atoms with Gasteiger partial charge in [0.2, 0.25) is 0 Å². The van der Waals surface area contributed by atoms with E-state index in [1.54, 1.807) is 7.11 Å². The maximum absolute atomic E-state index is 12.4. The Morgan fingerprint density at radius 2 is 1.95 bits per heavy atom. The van der Waals surface area contributed by atoms with Gasteiger partial charge in [0.25, 0.3) is 0 Å². The van der Waals surface area contributed by atoms with E-state index < -0.39 is 11.4 Å². The highest BCUT2D eigenvalue weighted by molar-refractivity contribution is 7.90. The SMILES string of the molecule is COCc1cc(Cl)ccc1C(N[S+]([O-])C(C)(C)C)C(C)C. The first-order valence-electron chi connectivity index (χ1n) is 7.12. The van der Waals surface area contributed by atoms with Gasteiger partial charge >= 0.3 is 0 Å². The summed E-state index contributed by atoms with van der Waals surface area (Å²) >= 11 is 4.95. The van der Waals surface area contributed by atoms with Crippen LogP contribution in [0.4, 0.5) is 0 Å². The number of nitrogens with one attached hydrogen (secondary N) is 1. The predicted molar refractivity (Wildman–Crippen MR) is 90.8 cm³/mol. The normalized spacial score (nSPS) is 15.3. The van der Waals surface area contributed by atoms with Gasteiger partial charge in [-0.25, -0.2) is 0 Å². The monoisotopic (exact) mass is 331 g/mol. The quantitative estimate of drug-likeness (QED) is 0.793. The van der Waals surface area contributed by atoms with E-state index in [1.807, 2.05) is 39.0 Å². The smallest absolute Gasteiger partial charge is 0.136 e. The van der Waals surface area contributed by atoms with Crippen LogP contribution in [0.5, 0.6) is 0 Å². The molecule has 0 heterocycles. The third kappa shape index (κ3) is 5.46. The molecule has 21 heavy (non-hydrogen) atoms. The van der Waals surface area contributed by atoms with E-state index in [4.69, 9.17) is 16.3 Å². The zero-order valence-corrected chi connectivity index (χ0v) is 15.3. The summed E-state index contributed by atoms with van der Waals surface area (Å²) < 4.78 is 20.7. The molecule has 2 unspecified atom stereocenters. The van der Waals surface area contributed by atoms with Crippen molar-refractivity contribution in [2.45, 2.75) is 52.0 Å².